The van der Waals surface area contributed by atoms with Crippen molar-refractivity contribution < 1.29 is 8.42 Å². The molecule has 0 unspecified atom stereocenters. The van der Waals surface area contributed by atoms with Crippen LogP contribution in [0.5, 0.6) is 0 Å². The lowest BCUT2D eigenvalue weighted by molar-refractivity contribution is 0.588. The summed E-state index contributed by atoms with van der Waals surface area (Å²) in [5, 5.41) is 3.93. The monoisotopic (exact) mass is 345 g/mol. The number of sulfonamides is 1. The van der Waals surface area contributed by atoms with Crippen LogP contribution >= 0.6 is 23.2 Å². The van der Waals surface area contributed by atoms with Crippen molar-refractivity contribution in [3.8, 4) is 0 Å². The number of rotatable bonds is 4. The average molecular weight is 346 g/mol. The zero-order valence-electron chi connectivity index (χ0n) is 11.0. The molecule has 0 saturated heterocycles. The van der Waals surface area contributed by atoms with Crippen LogP contribution in [0.3, 0.4) is 0 Å². The van der Waals surface area contributed by atoms with Gasteiger partial charge in [-0.2, -0.15) is 0 Å². The molecule has 112 valence electrons. The van der Waals surface area contributed by atoms with Crippen LogP contribution in [-0.2, 0) is 10.0 Å². The second-order valence-electron chi connectivity index (χ2n) is 4.24. The number of halogens is 2. The fourth-order valence-corrected chi connectivity index (χ4v) is 2.99. The summed E-state index contributed by atoms with van der Waals surface area (Å²) in [6, 6.07) is 9.30. The molecule has 21 heavy (non-hydrogen) atoms. The quantitative estimate of drug-likeness (QED) is 0.742. The van der Waals surface area contributed by atoms with Gasteiger partial charge in [0, 0.05) is 15.7 Å². The number of hydrogen-bond acceptors (Lipinski definition) is 4. The lowest BCUT2D eigenvalue weighted by atomic mass is 10.2. The fourth-order valence-electron chi connectivity index (χ4n) is 1.71. The minimum absolute atomic E-state index is 0.106. The van der Waals surface area contributed by atoms with Crippen molar-refractivity contribution in [2.24, 2.45) is 0 Å². The molecule has 4 N–H and O–H groups in total. The second-order valence-corrected chi connectivity index (χ2v) is 7.00. The van der Waals surface area contributed by atoms with E-state index in [1.54, 1.807) is 18.2 Å². The van der Waals surface area contributed by atoms with E-state index in [4.69, 9.17) is 28.9 Å². The van der Waals surface area contributed by atoms with E-state index >= 15 is 0 Å². The highest BCUT2D eigenvalue weighted by molar-refractivity contribution is 7.89. The Bertz CT molecular complexity index is 759. The molecule has 8 heteroatoms. The van der Waals surface area contributed by atoms with E-state index in [-0.39, 0.29) is 4.90 Å². The summed E-state index contributed by atoms with van der Waals surface area (Å²) in [6.07, 6.45) is 0. The Morgan fingerprint density at radius 3 is 2.24 bits per heavy atom. The van der Waals surface area contributed by atoms with Gasteiger partial charge in [-0.15, -0.1) is 0 Å². The van der Waals surface area contributed by atoms with Gasteiger partial charge in [0.2, 0.25) is 10.0 Å². The molecule has 0 aromatic heterocycles. The first-order valence-electron chi connectivity index (χ1n) is 5.88. The Hall–Kier alpha value is -1.47. The van der Waals surface area contributed by atoms with Crippen LogP contribution in [0.2, 0.25) is 10.0 Å². The van der Waals surface area contributed by atoms with Gasteiger partial charge in [0.05, 0.1) is 16.3 Å². The van der Waals surface area contributed by atoms with Crippen LogP contribution in [0, 0.1) is 0 Å². The standard InChI is InChI=1S/C13H13Cl2N3O2S/c1-17-21(19,20)11-2-3-12(16)13(7-11)18-10-5-8(14)4-9(15)6-10/h2-7,17-18H,16H2,1H3. The van der Waals surface area contributed by atoms with Gasteiger partial charge in [-0.1, -0.05) is 23.2 Å². The molecule has 0 atom stereocenters. The third-order valence-electron chi connectivity index (χ3n) is 2.75. The van der Waals surface area contributed by atoms with Gasteiger partial charge >= 0.3 is 0 Å². The fraction of sp³-hybridized carbons (Fsp3) is 0.0769. The van der Waals surface area contributed by atoms with Crippen molar-refractivity contribution >= 4 is 50.3 Å². The Morgan fingerprint density at radius 2 is 1.67 bits per heavy atom. The van der Waals surface area contributed by atoms with Gasteiger partial charge in [0.15, 0.2) is 0 Å². The molecular formula is C13H13Cl2N3O2S. The SMILES string of the molecule is CNS(=O)(=O)c1ccc(N)c(Nc2cc(Cl)cc(Cl)c2)c1. The number of nitrogens with one attached hydrogen (secondary N) is 2. The van der Waals surface area contributed by atoms with E-state index in [1.807, 2.05) is 0 Å². The maximum atomic E-state index is 11.8. The van der Waals surface area contributed by atoms with Crippen molar-refractivity contribution in [1.82, 2.24) is 4.72 Å². The third-order valence-corrected chi connectivity index (χ3v) is 4.59. The highest BCUT2D eigenvalue weighted by atomic mass is 35.5. The Kier molecular flexibility index (Phi) is 4.63. The molecule has 0 aliphatic rings. The highest BCUT2D eigenvalue weighted by Crippen LogP contribution is 2.29. The minimum Gasteiger partial charge on any atom is -0.397 e. The van der Waals surface area contributed by atoms with E-state index in [1.165, 1.54) is 25.2 Å². The predicted octanol–water partition coefficient (Wildman–Crippen LogP) is 3.23. The van der Waals surface area contributed by atoms with E-state index in [0.29, 0.717) is 27.1 Å². The van der Waals surface area contributed by atoms with Crippen LogP contribution < -0.4 is 15.8 Å². The summed E-state index contributed by atoms with van der Waals surface area (Å²) in [4.78, 5) is 0.106. The van der Waals surface area contributed by atoms with Crippen LogP contribution in [-0.4, -0.2) is 15.5 Å². The van der Waals surface area contributed by atoms with Crippen LogP contribution in [0.15, 0.2) is 41.3 Å². The first-order valence-corrected chi connectivity index (χ1v) is 8.12. The van der Waals surface area contributed by atoms with Crippen molar-refractivity contribution in [1.29, 1.82) is 0 Å². The van der Waals surface area contributed by atoms with Gasteiger partial charge in [-0.05, 0) is 43.4 Å². The molecule has 2 rings (SSSR count). The molecular weight excluding hydrogens is 333 g/mol. The third kappa shape index (κ3) is 3.79. The summed E-state index contributed by atoms with van der Waals surface area (Å²) in [5.74, 6) is 0. The molecule has 2 aromatic carbocycles. The molecule has 0 bridgehead atoms. The molecule has 2 aromatic rings. The van der Waals surface area contributed by atoms with Crippen LogP contribution in [0.25, 0.3) is 0 Å². The normalized spacial score (nSPS) is 11.4. The number of benzene rings is 2. The second kappa shape index (κ2) is 6.11. The first-order chi connectivity index (χ1) is 9.81. The maximum absolute atomic E-state index is 11.8. The molecule has 0 heterocycles. The van der Waals surface area contributed by atoms with E-state index in [0.717, 1.165) is 0 Å². The maximum Gasteiger partial charge on any atom is 0.240 e. The van der Waals surface area contributed by atoms with E-state index < -0.39 is 10.0 Å². The van der Waals surface area contributed by atoms with Crippen molar-refractivity contribution in [3.05, 3.63) is 46.4 Å². The lowest BCUT2D eigenvalue weighted by Gasteiger charge is -2.12. The lowest BCUT2D eigenvalue weighted by Crippen LogP contribution is -2.18. The Balaban J connectivity index is 2.42. The van der Waals surface area contributed by atoms with Crippen molar-refractivity contribution in [2.45, 2.75) is 4.90 Å². The Morgan fingerprint density at radius 1 is 1.05 bits per heavy atom. The molecule has 0 spiro atoms. The molecule has 0 radical (unpaired) electrons. The molecule has 0 saturated carbocycles. The summed E-state index contributed by atoms with van der Waals surface area (Å²) in [5.41, 5.74) is 7.32. The van der Waals surface area contributed by atoms with Gasteiger partial charge in [-0.25, -0.2) is 13.1 Å². The topological polar surface area (TPSA) is 84.2 Å². The van der Waals surface area contributed by atoms with E-state index in [9.17, 15) is 8.42 Å². The van der Waals surface area contributed by atoms with Gasteiger partial charge in [-0.3, -0.25) is 0 Å². The van der Waals surface area contributed by atoms with E-state index in [2.05, 4.69) is 10.0 Å². The van der Waals surface area contributed by atoms with Gasteiger partial charge in [0.1, 0.15) is 0 Å². The molecule has 0 aliphatic carbocycles. The number of anilines is 3. The van der Waals surface area contributed by atoms with Gasteiger partial charge < -0.3 is 11.1 Å². The number of hydrogen-bond donors (Lipinski definition) is 3. The molecule has 5 nitrogen and oxygen atoms in total. The molecule has 0 amide bonds. The minimum atomic E-state index is -3.54. The number of nitrogens with two attached hydrogens (primary N) is 1. The summed E-state index contributed by atoms with van der Waals surface area (Å²) >= 11 is 11.8. The largest absolute Gasteiger partial charge is 0.397 e. The van der Waals surface area contributed by atoms with Gasteiger partial charge in [0.25, 0.3) is 0 Å². The summed E-state index contributed by atoms with van der Waals surface area (Å²) < 4.78 is 25.9. The van der Waals surface area contributed by atoms with Crippen LogP contribution in [0.1, 0.15) is 0 Å². The zero-order chi connectivity index (χ0) is 15.6. The predicted molar refractivity (Wildman–Crippen MR) is 86.8 cm³/mol. The summed E-state index contributed by atoms with van der Waals surface area (Å²) in [7, 11) is -2.20. The molecule has 0 fully saturated rings. The van der Waals surface area contributed by atoms with Crippen molar-refractivity contribution in [3.63, 3.8) is 0 Å². The number of nitrogen functional groups attached to an aromatic ring is 1. The Labute approximate surface area is 133 Å². The van der Waals surface area contributed by atoms with Crippen molar-refractivity contribution in [2.75, 3.05) is 18.1 Å². The first kappa shape index (κ1) is 15.9. The zero-order valence-corrected chi connectivity index (χ0v) is 13.4. The summed E-state index contributed by atoms with van der Waals surface area (Å²) in [6.45, 7) is 0. The smallest absolute Gasteiger partial charge is 0.240 e. The van der Waals surface area contributed by atoms with Crippen LogP contribution in [0.4, 0.5) is 17.1 Å². The average Bonchev–Trinajstić information content (AvgIpc) is 2.40. The highest BCUT2D eigenvalue weighted by Gasteiger charge is 2.13. The molecule has 0 aliphatic heterocycles.